The number of nitrogens with zero attached hydrogens (tertiary/aromatic N) is 1. The molecule has 0 saturated heterocycles. The molecular weight excluding hydrogens is 154 g/mol. The summed E-state index contributed by atoms with van der Waals surface area (Å²) in [4.78, 5) is 4.30. The number of hydrogen-bond acceptors (Lipinski definition) is 2. The van der Waals surface area contributed by atoms with Crippen molar-refractivity contribution in [3.05, 3.63) is 0 Å². The van der Waals surface area contributed by atoms with Gasteiger partial charge in [0.1, 0.15) is 0 Å². The highest BCUT2D eigenvalue weighted by Crippen LogP contribution is 2.33. The van der Waals surface area contributed by atoms with Crippen molar-refractivity contribution in [3.63, 3.8) is 0 Å². The maximum atomic E-state index is 4.65. The summed E-state index contributed by atoms with van der Waals surface area (Å²) in [6, 6.07) is 0. The van der Waals surface area contributed by atoms with E-state index in [0.29, 0.717) is 0 Å². The Balaban J connectivity index is 2.64. The molecule has 1 aliphatic rings. The largest absolute Gasteiger partial charge is 0.226 e. The van der Waals surface area contributed by atoms with Crippen LogP contribution in [0.4, 0.5) is 0 Å². The Kier molecular flexibility index (Phi) is 3.22. The van der Waals surface area contributed by atoms with Crippen molar-refractivity contribution in [1.82, 2.24) is 0 Å². The average Bonchev–Trinajstić information content (AvgIpc) is 2.07. The number of hydrogen-bond donors (Lipinski definition) is 0. The molecule has 1 aliphatic carbocycles. The Labute approximate surface area is 73.9 Å². The first-order valence-corrected chi connectivity index (χ1v) is 4.83. The molecule has 62 valence electrons. The Morgan fingerprint density at radius 3 is 2.45 bits per heavy atom. The van der Waals surface area contributed by atoms with Gasteiger partial charge in [-0.3, -0.25) is 0 Å². The summed E-state index contributed by atoms with van der Waals surface area (Å²) < 4.78 is 0. The van der Waals surface area contributed by atoms with E-state index in [9.17, 15) is 0 Å². The number of rotatable bonds is 2. The fraction of sp³-hybridized carbons (Fsp3) is 0.889. The van der Waals surface area contributed by atoms with E-state index in [4.69, 9.17) is 0 Å². The van der Waals surface area contributed by atoms with Crippen LogP contribution in [-0.4, -0.2) is 10.7 Å². The van der Waals surface area contributed by atoms with E-state index in [1.807, 2.05) is 0 Å². The topological polar surface area (TPSA) is 12.4 Å². The summed E-state index contributed by atoms with van der Waals surface area (Å²) in [5, 5.41) is 2.54. The Morgan fingerprint density at radius 2 is 2.00 bits per heavy atom. The van der Waals surface area contributed by atoms with Gasteiger partial charge in [-0.25, -0.2) is 4.99 Å². The Bertz CT molecular complexity index is 164. The van der Waals surface area contributed by atoms with Gasteiger partial charge in [0.05, 0.1) is 10.7 Å². The van der Waals surface area contributed by atoms with Crippen LogP contribution in [0.25, 0.3) is 0 Å². The SMILES string of the molecule is CCC1(N=C=S)CCCCC1. The van der Waals surface area contributed by atoms with E-state index >= 15 is 0 Å². The third kappa shape index (κ3) is 2.11. The predicted molar refractivity (Wildman–Crippen MR) is 51.1 cm³/mol. The lowest BCUT2D eigenvalue weighted by atomic mass is 9.80. The standard InChI is InChI=1S/C9H15NS/c1-2-9(10-8-11)6-4-3-5-7-9/h2-7H2,1H3. The summed E-state index contributed by atoms with van der Waals surface area (Å²) in [7, 11) is 0. The van der Waals surface area contributed by atoms with Crippen LogP contribution in [0.2, 0.25) is 0 Å². The summed E-state index contributed by atoms with van der Waals surface area (Å²) >= 11 is 4.65. The molecule has 0 radical (unpaired) electrons. The summed E-state index contributed by atoms with van der Waals surface area (Å²) in [6.45, 7) is 2.20. The molecule has 1 nitrogen and oxygen atoms in total. The van der Waals surface area contributed by atoms with Gasteiger partial charge in [-0.2, -0.15) is 0 Å². The molecule has 0 atom stereocenters. The van der Waals surface area contributed by atoms with Crippen molar-refractivity contribution in [2.75, 3.05) is 0 Å². The molecule has 0 unspecified atom stereocenters. The van der Waals surface area contributed by atoms with Crippen LogP contribution in [-0.2, 0) is 0 Å². The second kappa shape index (κ2) is 3.99. The quantitative estimate of drug-likeness (QED) is 0.457. The van der Waals surface area contributed by atoms with E-state index in [-0.39, 0.29) is 5.54 Å². The molecule has 0 aromatic heterocycles. The second-order valence-electron chi connectivity index (χ2n) is 3.34. The van der Waals surface area contributed by atoms with Crippen molar-refractivity contribution in [3.8, 4) is 0 Å². The van der Waals surface area contributed by atoms with Crippen molar-refractivity contribution in [2.24, 2.45) is 4.99 Å². The molecule has 0 amide bonds. The van der Waals surface area contributed by atoms with Crippen LogP contribution >= 0.6 is 12.2 Å². The summed E-state index contributed by atoms with van der Waals surface area (Å²) in [5.74, 6) is 0. The van der Waals surface area contributed by atoms with Crippen LogP contribution in [0, 0.1) is 0 Å². The highest BCUT2D eigenvalue weighted by atomic mass is 32.1. The van der Waals surface area contributed by atoms with Gasteiger partial charge in [0, 0.05) is 0 Å². The monoisotopic (exact) mass is 169 g/mol. The predicted octanol–water partition coefficient (Wildman–Crippen LogP) is 3.20. The molecule has 0 spiro atoms. The van der Waals surface area contributed by atoms with Crippen LogP contribution in [0.1, 0.15) is 45.4 Å². The maximum absolute atomic E-state index is 4.65. The molecule has 0 aromatic carbocycles. The third-order valence-corrected chi connectivity index (χ3v) is 2.82. The normalized spacial score (nSPS) is 22.3. The average molecular weight is 169 g/mol. The van der Waals surface area contributed by atoms with Gasteiger partial charge in [0.25, 0.3) is 0 Å². The van der Waals surface area contributed by atoms with E-state index in [1.54, 1.807) is 0 Å². The molecule has 1 saturated carbocycles. The molecule has 0 bridgehead atoms. The number of isothiocyanates is 1. The van der Waals surface area contributed by atoms with Gasteiger partial charge in [-0.1, -0.05) is 26.2 Å². The van der Waals surface area contributed by atoms with E-state index in [0.717, 1.165) is 6.42 Å². The maximum Gasteiger partial charge on any atom is 0.0708 e. The van der Waals surface area contributed by atoms with Crippen molar-refractivity contribution in [1.29, 1.82) is 0 Å². The van der Waals surface area contributed by atoms with Gasteiger partial charge >= 0.3 is 0 Å². The number of thiocarbonyl (C=S) groups is 1. The first-order valence-electron chi connectivity index (χ1n) is 4.42. The second-order valence-corrected chi connectivity index (χ2v) is 3.52. The zero-order chi connectivity index (χ0) is 8.16. The lowest BCUT2D eigenvalue weighted by Gasteiger charge is -2.31. The zero-order valence-corrected chi connectivity index (χ0v) is 7.91. The third-order valence-electron chi connectivity index (χ3n) is 2.73. The van der Waals surface area contributed by atoms with Crippen LogP contribution in [0.3, 0.4) is 0 Å². The summed E-state index contributed by atoms with van der Waals surface area (Å²) in [6.07, 6.45) is 7.55. The zero-order valence-electron chi connectivity index (χ0n) is 7.10. The lowest BCUT2D eigenvalue weighted by Crippen LogP contribution is -2.27. The van der Waals surface area contributed by atoms with E-state index in [1.165, 1.54) is 32.1 Å². The highest BCUT2D eigenvalue weighted by Gasteiger charge is 2.28. The first kappa shape index (κ1) is 8.89. The minimum absolute atomic E-state index is 0.181. The molecule has 11 heavy (non-hydrogen) atoms. The molecule has 0 heterocycles. The molecule has 0 N–H and O–H groups in total. The minimum Gasteiger partial charge on any atom is -0.226 e. The molecule has 1 rings (SSSR count). The van der Waals surface area contributed by atoms with Crippen molar-refractivity contribution in [2.45, 2.75) is 51.0 Å². The van der Waals surface area contributed by atoms with Crippen LogP contribution in [0.15, 0.2) is 4.99 Å². The van der Waals surface area contributed by atoms with Gasteiger partial charge in [0.15, 0.2) is 0 Å². The molecule has 0 aromatic rings. The molecule has 0 aliphatic heterocycles. The molecule has 1 fully saturated rings. The molecule has 2 heteroatoms. The lowest BCUT2D eigenvalue weighted by molar-refractivity contribution is 0.292. The minimum atomic E-state index is 0.181. The van der Waals surface area contributed by atoms with Crippen molar-refractivity contribution < 1.29 is 0 Å². The fourth-order valence-electron chi connectivity index (χ4n) is 1.85. The smallest absolute Gasteiger partial charge is 0.0708 e. The van der Waals surface area contributed by atoms with Crippen molar-refractivity contribution >= 4 is 17.4 Å². The number of aliphatic imine (C=N–C) groups is 1. The van der Waals surface area contributed by atoms with Crippen LogP contribution in [0.5, 0.6) is 0 Å². The van der Waals surface area contributed by atoms with E-state index in [2.05, 4.69) is 29.3 Å². The fourth-order valence-corrected chi connectivity index (χ4v) is 2.04. The van der Waals surface area contributed by atoms with Gasteiger partial charge in [-0.05, 0) is 31.5 Å². The Hall–Kier alpha value is -0.200. The summed E-state index contributed by atoms with van der Waals surface area (Å²) in [5.41, 5.74) is 0.181. The first-order chi connectivity index (χ1) is 5.33. The van der Waals surface area contributed by atoms with Gasteiger partial charge < -0.3 is 0 Å². The van der Waals surface area contributed by atoms with Gasteiger partial charge in [0.2, 0.25) is 0 Å². The van der Waals surface area contributed by atoms with E-state index < -0.39 is 0 Å². The van der Waals surface area contributed by atoms with Gasteiger partial charge in [-0.15, -0.1) is 0 Å². The van der Waals surface area contributed by atoms with Crippen LogP contribution < -0.4 is 0 Å². The highest BCUT2D eigenvalue weighted by molar-refractivity contribution is 7.78. The Morgan fingerprint density at radius 1 is 1.36 bits per heavy atom. The molecular formula is C9H15NS.